The first-order valence-corrected chi connectivity index (χ1v) is 12.5. The number of nitrogens with one attached hydrogen (secondary N) is 2. The van der Waals surface area contributed by atoms with Crippen LogP contribution in [0.15, 0.2) is 24.3 Å². The van der Waals surface area contributed by atoms with Crippen LogP contribution in [-0.4, -0.2) is 78.8 Å². The molecular formula is C26H37N5O5. The fourth-order valence-corrected chi connectivity index (χ4v) is 4.74. The van der Waals surface area contributed by atoms with Gasteiger partial charge in [-0.25, -0.2) is 9.59 Å². The molecule has 36 heavy (non-hydrogen) atoms. The fourth-order valence-electron chi connectivity index (χ4n) is 4.74. The molecule has 1 aromatic rings. The molecule has 10 nitrogen and oxygen atoms in total. The van der Waals surface area contributed by atoms with Crippen molar-refractivity contribution in [1.29, 1.82) is 5.26 Å². The summed E-state index contributed by atoms with van der Waals surface area (Å²) < 4.78 is 11.4. The second-order valence-electron chi connectivity index (χ2n) is 10.6. The first-order valence-electron chi connectivity index (χ1n) is 12.5. The largest absolute Gasteiger partial charge is 0.491 e. The number of urea groups is 1. The number of likely N-dealkylation sites (tertiary alicyclic amines) is 2. The third-order valence-electron chi connectivity index (χ3n) is 6.15. The molecule has 3 atom stereocenters. The number of rotatable bonds is 7. The van der Waals surface area contributed by atoms with Crippen LogP contribution in [0.2, 0.25) is 0 Å². The molecule has 1 aromatic carbocycles. The third kappa shape index (κ3) is 8.41. The number of hydrogen-bond donors (Lipinski definition) is 2. The highest BCUT2D eigenvalue weighted by atomic mass is 16.6. The molecule has 10 heteroatoms. The molecule has 2 aliphatic rings. The Morgan fingerprint density at radius 1 is 1.11 bits per heavy atom. The minimum atomic E-state index is -0.617. The summed E-state index contributed by atoms with van der Waals surface area (Å²) in [5, 5.41) is 14.4. The number of hydrogen-bond acceptors (Lipinski definition) is 7. The Morgan fingerprint density at radius 2 is 1.75 bits per heavy atom. The zero-order valence-corrected chi connectivity index (χ0v) is 21.6. The van der Waals surface area contributed by atoms with E-state index in [1.807, 2.05) is 20.8 Å². The van der Waals surface area contributed by atoms with Crippen LogP contribution in [-0.2, 0) is 9.53 Å². The van der Waals surface area contributed by atoms with Crippen LogP contribution in [0.5, 0.6) is 5.75 Å². The molecule has 2 unspecified atom stereocenters. The number of nitrogens with zero attached hydrogens (tertiary/aromatic N) is 3. The summed E-state index contributed by atoms with van der Waals surface area (Å²) in [7, 11) is 0. The van der Waals surface area contributed by atoms with E-state index in [4.69, 9.17) is 14.7 Å². The van der Waals surface area contributed by atoms with Crippen LogP contribution < -0.4 is 15.4 Å². The Labute approximate surface area is 212 Å². The molecule has 2 fully saturated rings. The third-order valence-corrected chi connectivity index (χ3v) is 6.15. The highest BCUT2D eigenvalue weighted by Gasteiger charge is 2.37. The fraction of sp³-hybridized carbons (Fsp3) is 0.615. The maximum atomic E-state index is 12.5. The normalized spacial score (nSPS) is 20.6. The van der Waals surface area contributed by atoms with Crippen molar-refractivity contribution in [2.45, 2.75) is 52.2 Å². The van der Waals surface area contributed by atoms with Gasteiger partial charge in [-0.1, -0.05) is 6.92 Å². The number of imide groups is 1. The second-order valence-corrected chi connectivity index (χ2v) is 10.6. The summed E-state index contributed by atoms with van der Waals surface area (Å²) in [4.78, 5) is 40.6. The monoisotopic (exact) mass is 499 g/mol. The standard InChI is InChI=1S/C26H37N5O5/c1-5-23(32)29-24(33)31-14-19-10-20(15-31)13-30(12-19)16-21(28-25(34)36-26(2,3)4)17-35-22-8-6-18(11-27)7-9-22/h6-9,19-21H,5,10,12-17H2,1-4H3,(H,28,34)(H,29,32,33)/t19?,20?,21-/m1/s1. The number of carbonyl (C=O) groups is 3. The minimum absolute atomic E-state index is 0.241. The van der Waals surface area contributed by atoms with Gasteiger partial charge >= 0.3 is 12.1 Å². The highest BCUT2D eigenvalue weighted by Crippen LogP contribution is 2.29. The van der Waals surface area contributed by atoms with Gasteiger partial charge in [0.2, 0.25) is 5.91 Å². The predicted octanol–water partition coefficient (Wildman–Crippen LogP) is 2.73. The lowest BCUT2D eigenvalue weighted by Gasteiger charge is -2.46. The molecular weight excluding hydrogens is 462 g/mol. The maximum absolute atomic E-state index is 12.5. The maximum Gasteiger partial charge on any atom is 0.408 e. The van der Waals surface area contributed by atoms with Crippen LogP contribution in [0, 0.1) is 23.2 Å². The number of benzene rings is 1. The number of ether oxygens (including phenoxy) is 2. The van der Waals surface area contributed by atoms with Gasteiger partial charge in [-0.15, -0.1) is 0 Å². The number of nitriles is 1. The van der Waals surface area contributed by atoms with Gasteiger partial charge in [0.05, 0.1) is 17.7 Å². The Hall–Kier alpha value is -3.32. The quantitative estimate of drug-likeness (QED) is 0.591. The lowest BCUT2D eigenvalue weighted by Crippen LogP contribution is -2.58. The summed E-state index contributed by atoms with van der Waals surface area (Å²) in [6.45, 7) is 10.7. The van der Waals surface area contributed by atoms with E-state index in [1.54, 1.807) is 36.1 Å². The Morgan fingerprint density at radius 3 is 2.31 bits per heavy atom. The number of piperidine rings is 2. The van der Waals surface area contributed by atoms with Crippen molar-refractivity contribution in [3.8, 4) is 11.8 Å². The van der Waals surface area contributed by atoms with Crippen LogP contribution in [0.3, 0.4) is 0 Å². The first kappa shape index (κ1) is 27.3. The molecule has 2 saturated heterocycles. The van der Waals surface area contributed by atoms with Crippen molar-refractivity contribution in [3.05, 3.63) is 29.8 Å². The molecule has 2 heterocycles. The van der Waals surface area contributed by atoms with Crippen molar-refractivity contribution >= 4 is 18.0 Å². The van der Waals surface area contributed by atoms with E-state index in [9.17, 15) is 14.4 Å². The topological polar surface area (TPSA) is 124 Å². The SMILES string of the molecule is CCC(=O)NC(=O)N1CC2CC(CN(C[C@H](COc3ccc(C#N)cc3)NC(=O)OC(C)(C)C)C2)C1. The first-order chi connectivity index (χ1) is 17.0. The Balaban J connectivity index is 1.60. The number of amides is 4. The van der Waals surface area contributed by atoms with Crippen molar-refractivity contribution in [2.24, 2.45) is 11.8 Å². The Kier molecular flexibility index (Phi) is 9.15. The summed E-state index contributed by atoms with van der Waals surface area (Å²) in [5.74, 6) is 0.933. The van der Waals surface area contributed by atoms with Crippen molar-refractivity contribution in [2.75, 3.05) is 39.3 Å². The van der Waals surface area contributed by atoms with Gasteiger partial charge in [0.1, 0.15) is 18.0 Å². The lowest BCUT2D eigenvalue weighted by atomic mass is 9.84. The van der Waals surface area contributed by atoms with Crippen molar-refractivity contribution < 1.29 is 23.9 Å². The lowest BCUT2D eigenvalue weighted by molar-refractivity contribution is -0.120. The van der Waals surface area contributed by atoms with Gasteiger partial charge in [0.25, 0.3) is 0 Å². The van der Waals surface area contributed by atoms with Gasteiger partial charge in [0, 0.05) is 39.1 Å². The average molecular weight is 500 g/mol. The highest BCUT2D eigenvalue weighted by molar-refractivity contribution is 5.94. The molecule has 4 amide bonds. The number of alkyl carbamates (subject to hydrolysis) is 1. The van der Waals surface area contributed by atoms with Gasteiger partial charge in [-0.05, 0) is 63.3 Å². The zero-order chi connectivity index (χ0) is 26.3. The molecule has 0 spiro atoms. The summed E-state index contributed by atoms with van der Waals surface area (Å²) >= 11 is 0. The van der Waals surface area contributed by atoms with Gasteiger partial charge < -0.3 is 24.6 Å². The van der Waals surface area contributed by atoms with E-state index in [-0.39, 0.29) is 31.0 Å². The van der Waals surface area contributed by atoms with Gasteiger partial charge in [-0.3, -0.25) is 10.1 Å². The summed E-state index contributed by atoms with van der Waals surface area (Å²) in [6, 6.07) is 8.29. The van der Waals surface area contributed by atoms with Crippen LogP contribution >= 0.6 is 0 Å². The molecule has 2 aliphatic heterocycles. The van der Waals surface area contributed by atoms with E-state index in [2.05, 4.69) is 21.6 Å². The molecule has 2 bridgehead atoms. The molecule has 2 N–H and O–H groups in total. The number of carbonyl (C=O) groups excluding carboxylic acids is 3. The molecule has 196 valence electrons. The van der Waals surface area contributed by atoms with Gasteiger partial charge in [0.15, 0.2) is 0 Å². The minimum Gasteiger partial charge on any atom is -0.491 e. The number of fused-ring (bicyclic) bond motifs is 2. The zero-order valence-electron chi connectivity index (χ0n) is 21.6. The van der Waals surface area contributed by atoms with Crippen LogP contribution in [0.1, 0.15) is 46.1 Å². The van der Waals surface area contributed by atoms with Crippen molar-refractivity contribution in [1.82, 2.24) is 20.4 Å². The smallest absolute Gasteiger partial charge is 0.408 e. The Bertz CT molecular complexity index is 954. The van der Waals surface area contributed by atoms with Crippen LogP contribution in [0.25, 0.3) is 0 Å². The van der Waals surface area contributed by atoms with E-state index in [1.165, 1.54) is 0 Å². The molecule has 0 aliphatic carbocycles. The molecule has 0 radical (unpaired) electrons. The average Bonchev–Trinajstić information content (AvgIpc) is 2.80. The second kappa shape index (κ2) is 12.1. The van der Waals surface area contributed by atoms with E-state index < -0.39 is 11.7 Å². The molecule has 3 rings (SSSR count). The van der Waals surface area contributed by atoms with Crippen molar-refractivity contribution in [3.63, 3.8) is 0 Å². The van der Waals surface area contributed by atoms with E-state index in [0.29, 0.717) is 42.8 Å². The van der Waals surface area contributed by atoms with E-state index in [0.717, 1.165) is 19.5 Å². The van der Waals surface area contributed by atoms with Gasteiger partial charge in [-0.2, -0.15) is 5.26 Å². The summed E-state index contributed by atoms with van der Waals surface area (Å²) in [6.07, 6.45) is 0.807. The van der Waals surface area contributed by atoms with Crippen LogP contribution in [0.4, 0.5) is 9.59 Å². The van der Waals surface area contributed by atoms with E-state index >= 15 is 0 Å². The summed E-state index contributed by atoms with van der Waals surface area (Å²) in [5.41, 5.74) is -0.0686. The molecule has 0 saturated carbocycles. The molecule has 0 aromatic heterocycles. The predicted molar refractivity (Wildman–Crippen MR) is 133 cm³/mol.